The fraction of sp³-hybridized carbons (Fsp3) is 0.0976. The summed E-state index contributed by atoms with van der Waals surface area (Å²) in [6, 6.07) is 51.2. The average molecular weight is 584 g/mol. The van der Waals surface area contributed by atoms with Crippen LogP contribution in [0.15, 0.2) is 155 Å². The third kappa shape index (κ3) is 5.20. The van der Waals surface area contributed by atoms with Gasteiger partial charge in [0.25, 0.3) is 0 Å². The van der Waals surface area contributed by atoms with E-state index in [4.69, 9.17) is 9.41 Å². The molecule has 4 nitrogen and oxygen atoms in total. The molecule has 0 saturated heterocycles. The van der Waals surface area contributed by atoms with Crippen LogP contribution in [0.5, 0.6) is 0 Å². The van der Waals surface area contributed by atoms with Crippen molar-refractivity contribution in [1.29, 1.82) is 0 Å². The van der Waals surface area contributed by atoms with Crippen LogP contribution in [0.2, 0.25) is 0 Å². The molecule has 1 aliphatic heterocycles. The summed E-state index contributed by atoms with van der Waals surface area (Å²) in [4.78, 5) is 5.18. The maximum absolute atomic E-state index is 6.40. The molecule has 1 aromatic heterocycles. The highest BCUT2D eigenvalue weighted by atomic mass is 16.3. The Kier molecular flexibility index (Phi) is 6.97. The fourth-order valence-corrected chi connectivity index (χ4v) is 6.53. The lowest BCUT2D eigenvalue weighted by atomic mass is 9.93. The molecule has 0 spiro atoms. The molecule has 1 aliphatic rings. The Morgan fingerprint density at radius 1 is 0.644 bits per heavy atom. The smallest absolute Gasteiger partial charge is 0.174 e. The van der Waals surface area contributed by atoms with Crippen LogP contribution in [0.3, 0.4) is 0 Å². The quantitative estimate of drug-likeness (QED) is 0.205. The Bertz CT molecular complexity index is 2160. The number of aliphatic imine (C=N–C) groups is 1. The van der Waals surface area contributed by atoms with Crippen molar-refractivity contribution in [3.63, 3.8) is 0 Å². The summed E-state index contributed by atoms with van der Waals surface area (Å²) in [6.45, 7) is 2.17. The van der Waals surface area contributed by atoms with Gasteiger partial charge in [-0.3, -0.25) is 5.32 Å². The topological polar surface area (TPSA) is 49.6 Å². The molecule has 2 N–H and O–H groups in total. The molecule has 8 rings (SSSR count). The van der Waals surface area contributed by atoms with Crippen molar-refractivity contribution in [3.8, 4) is 22.3 Å². The van der Waals surface area contributed by atoms with Crippen LogP contribution in [0.4, 0.5) is 5.69 Å². The second-order valence-corrected chi connectivity index (χ2v) is 11.7. The van der Waals surface area contributed by atoms with Gasteiger partial charge in [0.15, 0.2) is 6.29 Å². The number of fused-ring (bicyclic) bond motifs is 3. The Labute approximate surface area is 263 Å². The number of benzene rings is 6. The number of hydrogen-bond acceptors (Lipinski definition) is 4. The lowest BCUT2D eigenvalue weighted by molar-refractivity contribution is 0.461. The van der Waals surface area contributed by atoms with Crippen LogP contribution in [0.25, 0.3) is 44.2 Å². The largest absolute Gasteiger partial charge is 0.455 e. The van der Waals surface area contributed by atoms with Gasteiger partial charge in [-0.1, -0.05) is 127 Å². The van der Waals surface area contributed by atoms with E-state index in [2.05, 4.69) is 151 Å². The van der Waals surface area contributed by atoms with Crippen molar-refractivity contribution >= 4 is 33.3 Å². The second-order valence-electron chi connectivity index (χ2n) is 11.7. The molecule has 2 atom stereocenters. The van der Waals surface area contributed by atoms with Crippen LogP contribution >= 0.6 is 0 Å². The number of rotatable bonds is 6. The number of furan rings is 1. The Hall–Kier alpha value is -5.45. The van der Waals surface area contributed by atoms with E-state index in [0.717, 1.165) is 62.0 Å². The van der Waals surface area contributed by atoms with E-state index >= 15 is 0 Å². The van der Waals surface area contributed by atoms with Crippen LogP contribution in [0.1, 0.15) is 29.2 Å². The molecule has 4 heteroatoms. The first kappa shape index (κ1) is 27.1. The monoisotopic (exact) mass is 583 g/mol. The second kappa shape index (κ2) is 11.6. The van der Waals surface area contributed by atoms with Gasteiger partial charge in [-0.2, -0.15) is 0 Å². The summed E-state index contributed by atoms with van der Waals surface area (Å²) in [5, 5.41) is 9.81. The molecule has 2 heterocycles. The standard InChI is InChI=1S/C41H33N3O/c1-27-23-24-30(31-19-12-20-34-33-18-9-11-22-39(33)45-40(31)34)25-35(27)32-17-8-10-21-36(32)42-41-43-37(28-13-4-2-5-14-28)26-38(44-41)29-15-6-3-7-16-29/h2-25,37,41-43H,26H2,1H3. The number of nitrogens with one attached hydrogen (secondary N) is 2. The molecular weight excluding hydrogens is 550 g/mol. The van der Waals surface area contributed by atoms with E-state index < -0.39 is 0 Å². The first-order valence-electron chi connectivity index (χ1n) is 15.5. The number of aryl methyl sites for hydroxylation is 1. The molecule has 45 heavy (non-hydrogen) atoms. The Morgan fingerprint density at radius 2 is 1.36 bits per heavy atom. The van der Waals surface area contributed by atoms with Gasteiger partial charge in [0.05, 0.1) is 0 Å². The van der Waals surface area contributed by atoms with Gasteiger partial charge in [-0.25, -0.2) is 4.99 Å². The molecule has 0 bridgehead atoms. The molecule has 0 aliphatic carbocycles. The first-order chi connectivity index (χ1) is 22.2. The fourth-order valence-electron chi connectivity index (χ4n) is 6.53. The molecule has 7 aromatic rings. The van der Waals surface area contributed by atoms with Crippen LogP contribution in [-0.2, 0) is 0 Å². The first-order valence-corrected chi connectivity index (χ1v) is 15.5. The van der Waals surface area contributed by atoms with Gasteiger partial charge in [-0.05, 0) is 52.9 Å². The lowest BCUT2D eigenvalue weighted by Crippen LogP contribution is -2.43. The highest BCUT2D eigenvalue weighted by molar-refractivity contribution is 6.09. The average Bonchev–Trinajstić information content (AvgIpc) is 3.49. The van der Waals surface area contributed by atoms with Crippen LogP contribution < -0.4 is 10.6 Å². The van der Waals surface area contributed by atoms with Gasteiger partial charge in [0.1, 0.15) is 11.2 Å². The molecular formula is C41H33N3O. The van der Waals surface area contributed by atoms with E-state index in [1.807, 2.05) is 12.1 Å². The highest BCUT2D eigenvalue weighted by Crippen LogP contribution is 2.39. The van der Waals surface area contributed by atoms with E-state index in [1.165, 1.54) is 16.7 Å². The zero-order chi connectivity index (χ0) is 30.2. The van der Waals surface area contributed by atoms with Crippen LogP contribution in [0, 0.1) is 6.92 Å². The molecule has 218 valence electrons. The molecule has 2 unspecified atom stereocenters. The maximum Gasteiger partial charge on any atom is 0.174 e. The van der Waals surface area contributed by atoms with Crippen molar-refractivity contribution < 1.29 is 4.42 Å². The predicted molar refractivity (Wildman–Crippen MR) is 187 cm³/mol. The Morgan fingerprint density at radius 3 is 2.22 bits per heavy atom. The number of hydrogen-bond donors (Lipinski definition) is 2. The third-order valence-corrected chi connectivity index (χ3v) is 8.81. The molecule has 6 aromatic carbocycles. The summed E-state index contributed by atoms with van der Waals surface area (Å²) < 4.78 is 6.40. The SMILES string of the molecule is Cc1ccc(-c2cccc3c2oc2ccccc23)cc1-c1ccccc1NC1N=C(c2ccccc2)CC(c2ccccc2)N1. The van der Waals surface area contributed by atoms with Gasteiger partial charge in [-0.15, -0.1) is 0 Å². The zero-order valence-electron chi connectivity index (χ0n) is 25.1. The van der Waals surface area contributed by atoms with Crippen molar-refractivity contribution in [2.45, 2.75) is 25.7 Å². The van der Waals surface area contributed by atoms with Gasteiger partial charge >= 0.3 is 0 Å². The van der Waals surface area contributed by atoms with E-state index in [9.17, 15) is 0 Å². The summed E-state index contributed by atoms with van der Waals surface area (Å²) in [5.41, 5.74) is 12.1. The Balaban J connectivity index is 1.18. The molecule has 0 radical (unpaired) electrons. The van der Waals surface area contributed by atoms with E-state index in [1.54, 1.807) is 0 Å². The minimum Gasteiger partial charge on any atom is -0.455 e. The van der Waals surface area contributed by atoms with Gasteiger partial charge in [0, 0.05) is 45.8 Å². The van der Waals surface area contributed by atoms with Crippen molar-refractivity contribution in [2.24, 2.45) is 4.99 Å². The molecule has 0 fully saturated rings. The summed E-state index contributed by atoms with van der Waals surface area (Å²) in [6.07, 6.45) is 0.524. The predicted octanol–water partition coefficient (Wildman–Crippen LogP) is 10.1. The van der Waals surface area contributed by atoms with Gasteiger partial charge < -0.3 is 9.73 Å². The lowest BCUT2D eigenvalue weighted by Gasteiger charge is -2.31. The van der Waals surface area contributed by atoms with E-state index in [0.29, 0.717) is 0 Å². The minimum absolute atomic E-state index is 0.137. The highest BCUT2D eigenvalue weighted by Gasteiger charge is 2.25. The normalized spacial score (nSPS) is 16.5. The van der Waals surface area contributed by atoms with Gasteiger partial charge in [0.2, 0.25) is 0 Å². The van der Waals surface area contributed by atoms with E-state index in [-0.39, 0.29) is 12.3 Å². The molecule has 0 saturated carbocycles. The van der Waals surface area contributed by atoms with Crippen molar-refractivity contribution in [1.82, 2.24) is 5.32 Å². The summed E-state index contributed by atoms with van der Waals surface area (Å²) in [5.74, 6) is 0. The summed E-state index contributed by atoms with van der Waals surface area (Å²) >= 11 is 0. The minimum atomic E-state index is -0.298. The van der Waals surface area contributed by atoms with Crippen molar-refractivity contribution in [2.75, 3.05) is 5.32 Å². The number of para-hydroxylation sites is 3. The van der Waals surface area contributed by atoms with Crippen LogP contribution in [-0.4, -0.2) is 12.0 Å². The summed E-state index contributed by atoms with van der Waals surface area (Å²) in [7, 11) is 0. The molecule has 0 amide bonds. The van der Waals surface area contributed by atoms with Crippen molar-refractivity contribution in [3.05, 3.63) is 162 Å². The maximum atomic E-state index is 6.40. The third-order valence-electron chi connectivity index (χ3n) is 8.81. The zero-order valence-corrected chi connectivity index (χ0v) is 25.1. The number of anilines is 1. The number of nitrogens with zero attached hydrogens (tertiary/aromatic N) is 1.